The van der Waals surface area contributed by atoms with E-state index in [9.17, 15) is 4.79 Å². The second-order valence-corrected chi connectivity index (χ2v) is 7.52. The van der Waals surface area contributed by atoms with Crippen molar-refractivity contribution < 1.29 is 4.79 Å². The van der Waals surface area contributed by atoms with Gasteiger partial charge in [0.1, 0.15) is 5.82 Å². The molecule has 0 radical (unpaired) electrons. The second-order valence-electron chi connectivity index (χ2n) is 7.52. The first-order valence-corrected chi connectivity index (χ1v) is 10.3. The minimum absolute atomic E-state index is 0.191. The van der Waals surface area contributed by atoms with Gasteiger partial charge in [-0.25, -0.2) is 9.97 Å². The summed E-state index contributed by atoms with van der Waals surface area (Å²) in [5, 5.41) is 7.22. The van der Waals surface area contributed by atoms with Crippen molar-refractivity contribution in [3.05, 3.63) is 71.6 Å². The lowest BCUT2D eigenvalue weighted by molar-refractivity contribution is 0.0944. The van der Waals surface area contributed by atoms with E-state index in [4.69, 9.17) is 0 Å². The minimum Gasteiger partial charge on any atom is -0.349 e. The van der Waals surface area contributed by atoms with Gasteiger partial charge in [0, 0.05) is 17.6 Å². The number of carbonyl (C=O) groups excluding carboxylic acids is 1. The zero-order chi connectivity index (χ0) is 20.1. The second kappa shape index (κ2) is 8.86. The third kappa shape index (κ3) is 4.80. The first-order chi connectivity index (χ1) is 14.2. The summed E-state index contributed by atoms with van der Waals surface area (Å²) in [7, 11) is 0. The lowest BCUT2D eigenvalue weighted by Crippen LogP contribution is -2.27. The van der Waals surface area contributed by atoms with E-state index >= 15 is 0 Å². The molecule has 3 aromatic rings. The van der Waals surface area contributed by atoms with Crippen molar-refractivity contribution in [1.29, 1.82) is 0 Å². The van der Waals surface area contributed by atoms with Gasteiger partial charge in [0.15, 0.2) is 0 Å². The molecule has 1 aliphatic rings. The van der Waals surface area contributed by atoms with Gasteiger partial charge >= 0.3 is 0 Å². The van der Waals surface area contributed by atoms with Crippen molar-refractivity contribution in [3.8, 4) is 0 Å². The Bertz CT molecular complexity index is 1060. The van der Waals surface area contributed by atoms with Gasteiger partial charge in [0.2, 0.25) is 5.82 Å². The highest BCUT2D eigenvalue weighted by atomic mass is 16.2. The molecule has 29 heavy (non-hydrogen) atoms. The predicted molar refractivity (Wildman–Crippen MR) is 118 cm³/mol. The quantitative estimate of drug-likeness (QED) is 0.564. The van der Waals surface area contributed by atoms with Crippen LogP contribution in [0.3, 0.4) is 0 Å². The fourth-order valence-corrected chi connectivity index (χ4v) is 3.68. The number of aromatic nitrogens is 2. The van der Waals surface area contributed by atoms with E-state index < -0.39 is 0 Å². The molecule has 0 saturated heterocycles. The van der Waals surface area contributed by atoms with Crippen molar-refractivity contribution in [2.24, 2.45) is 0 Å². The van der Waals surface area contributed by atoms with E-state index in [0.717, 1.165) is 41.4 Å². The number of hydrogen-bond donors (Lipinski definition) is 2. The molecule has 148 valence electrons. The molecule has 5 heteroatoms. The number of nitrogens with one attached hydrogen (secondary N) is 2. The van der Waals surface area contributed by atoms with Gasteiger partial charge in [-0.05, 0) is 68.9 Å². The molecule has 0 unspecified atom stereocenters. The van der Waals surface area contributed by atoms with Crippen molar-refractivity contribution in [2.45, 2.75) is 39.0 Å². The van der Waals surface area contributed by atoms with Crippen LogP contribution < -0.4 is 10.6 Å². The van der Waals surface area contributed by atoms with Crippen LogP contribution in [0.1, 0.15) is 48.3 Å². The van der Waals surface area contributed by atoms with Crippen LogP contribution in [0.2, 0.25) is 0 Å². The Morgan fingerprint density at radius 3 is 2.79 bits per heavy atom. The molecule has 2 N–H and O–H groups in total. The SMILES string of the molecule is Cc1cccc(Nc2nc(C(=O)NCCC3=CCCCC3)nc3ccccc23)c1. The highest BCUT2D eigenvalue weighted by molar-refractivity contribution is 5.97. The molecule has 0 fully saturated rings. The largest absolute Gasteiger partial charge is 0.349 e. The fourth-order valence-electron chi connectivity index (χ4n) is 3.68. The lowest BCUT2D eigenvalue weighted by atomic mass is 9.97. The molecule has 1 aliphatic carbocycles. The predicted octanol–water partition coefficient (Wildman–Crippen LogP) is 5.30. The van der Waals surface area contributed by atoms with Crippen LogP contribution in [0.4, 0.5) is 11.5 Å². The van der Waals surface area contributed by atoms with E-state index in [0.29, 0.717) is 12.4 Å². The Hall–Kier alpha value is -3.21. The van der Waals surface area contributed by atoms with Crippen LogP contribution in [-0.2, 0) is 0 Å². The third-order valence-corrected chi connectivity index (χ3v) is 5.20. The smallest absolute Gasteiger partial charge is 0.289 e. The molecule has 0 saturated carbocycles. The number of aryl methyl sites for hydroxylation is 1. The molecule has 1 amide bonds. The van der Waals surface area contributed by atoms with Gasteiger partial charge in [-0.2, -0.15) is 0 Å². The average molecular weight is 386 g/mol. The monoisotopic (exact) mass is 386 g/mol. The van der Waals surface area contributed by atoms with E-state index in [1.54, 1.807) is 0 Å². The summed E-state index contributed by atoms with van der Waals surface area (Å²) in [6, 6.07) is 15.8. The maximum Gasteiger partial charge on any atom is 0.289 e. The summed E-state index contributed by atoms with van der Waals surface area (Å²) >= 11 is 0. The summed E-state index contributed by atoms with van der Waals surface area (Å²) < 4.78 is 0. The number of allylic oxidation sites excluding steroid dienone is 1. The Kier molecular flexibility index (Phi) is 5.84. The van der Waals surface area contributed by atoms with Crippen molar-refractivity contribution in [2.75, 3.05) is 11.9 Å². The van der Waals surface area contributed by atoms with Gasteiger partial charge in [0.05, 0.1) is 5.52 Å². The molecule has 0 atom stereocenters. The van der Waals surface area contributed by atoms with Crippen LogP contribution in [0.25, 0.3) is 10.9 Å². The molecule has 0 bridgehead atoms. The summed E-state index contributed by atoms with van der Waals surface area (Å²) in [6.07, 6.45) is 8.04. The number of benzene rings is 2. The first kappa shape index (κ1) is 19.1. The number of nitrogens with zero attached hydrogens (tertiary/aromatic N) is 2. The van der Waals surface area contributed by atoms with Crippen molar-refractivity contribution >= 4 is 28.3 Å². The molecule has 0 aliphatic heterocycles. The molecule has 5 nitrogen and oxygen atoms in total. The lowest BCUT2D eigenvalue weighted by Gasteiger charge is -2.13. The maximum absolute atomic E-state index is 12.7. The van der Waals surface area contributed by atoms with Gasteiger partial charge in [-0.3, -0.25) is 4.79 Å². The number of anilines is 2. The first-order valence-electron chi connectivity index (χ1n) is 10.3. The van der Waals surface area contributed by atoms with E-state index in [1.165, 1.54) is 18.4 Å². The van der Waals surface area contributed by atoms with Crippen LogP contribution in [0.15, 0.2) is 60.2 Å². The Morgan fingerprint density at radius 1 is 1.07 bits per heavy atom. The number of rotatable bonds is 6. The average Bonchev–Trinajstić information content (AvgIpc) is 2.74. The van der Waals surface area contributed by atoms with Crippen LogP contribution >= 0.6 is 0 Å². The van der Waals surface area contributed by atoms with Crippen molar-refractivity contribution in [3.63, 3.8) is 0 Å². The summed E-state index contributed by atoms with van der Waals surface area (Å²) in [6.45, 7) is 2.66. The van der Waals surface area contributed by atoms with Crippen molar-refractivity contribution in [1.82, 2.24) is 15.3 Å². The van der Waals surface area contributed by atoms with Gasteiger partial charge in [-0.15, -0.1) is 0 Å². The molecule has 4 rings (SSSR count). The van der Waals surface area contributed by atoms with E-state index in [-0.39, 0.29) is 11.7 Å². The topological polar surface area (TPSA) is 66.9 Å². The molecular formula is C24H26N4O. The summed E-state index contributed by atoms with van der Waals surface area (Å²) in [4.78, 5) is 21.7. The third-order valence-electron chi connectivity index (χ3n) is 5.20. The van der Waals surface area contributed by atoms with Crippen LogP contribution in [0, 0.1) is 6.92 Å². The number of amides is 1. The van der Waals surface area contributed by atoms with Gasteiger partial charge in [0.25, 0.3) is 5.91 Å². The molecule has 0 spiro atoms. The Morgan fingerprint density at radius 2 is 1.97 bits per heavy atom. The molecular weight excluding hydrogens is 360 g/mol. The number of fused-ring (bicyclic) bond motifs is 1. The van der Waals surface area contributed by atoms with Gasteiger partial charge in [-0.1, -0.05) is 35.9 Å². The summed E-state index contributed by atoms with van der Waals surface area (Å²) in [5.74, 6) is 0.595. The Balaban J connectivity index is 1.54. The van der Waals surface area contributed by atoms with Gasteiger partial charge < -0.3 is 10.6 Å². The highest BCUT2D eigenvalue weighted by Gasteiger charge is 2.14. The highest BCUT2D eigenvalue weighted by Crippen LogP contribution is 2.24. The van der Waals surface area contributed by atoms with E-state index in [1.807, 2.05) is 49.4 Å². The van der Waals surface area contributed by atoms with Crippen LogP contribution in [0.5, 0.6) is 0 Å². The Labute approximate surface area is 171 Å². The number of hydrogen-bond acceptors (Lipinski definition) is 4. The zero-order valence-corrected chi connectivity index (χ0v) is 16.7. The number of para-hydroxylation sites is 1. The molecule has 1 aromatic heterocycles. The molecule has 2 aromatic carbocycles. The fraction of sp³-hybridized carbons (Fsp3) is 0.292. The summed E-state index contributed by atoms with van der Waals surface area (Å²) in [5.41, 5.74) is 4.28. The zero-order valence-electron chi connectivity index (χ0n) is 16.7. The molecule has 1 heterocycles. The van der Waals surface area contributed by atoms with Crippen LogP contribution in [-0.4, -0.2) is 22.4 Å². The standard InChI is InChI=1S/C24H26N4O/c1-17-8-7-11-19(16-17)26-22-20-12-5-6-13-21(20)27-23(28-22)24(29)25-15-14-18-9-3-2-4-10-18/h5-9,11-13,16H,2-4,10,14-15H2,1H3,(H,25,29)(H,26,27,28). The minimum atomic E-state index is -0.237. The normalized spacial score (nSPS) is 13.8. The van der Waals surface area contributed by atoms with E-state index in [2.05, 4.69) is 32.7 Å². The number of carbonyl (C=O) groups is 1. The maximum atomic E-state index is 12.7.